The number of piperazine rings is 1. The zero-order valence-electron chi connectivity index (χ0n) is 31.6. The Morgan fingerprint density at radius 2 is 1.68 bits per heavy atom. The molecule has 0 unspecified atom stereocenters. The van der Waals surface area contributed by atoms with E-state index in [4.69, 9.17) is 19.2 Å². The smallest absolute Gasteiger partial charge is 0.408 e. The van der Waals surface area contributed by atoms with Gasteiger partial charge in [0, 0.05) is 64.0 Å². The van der Waals surface area contributed by atoms with Crippen LogP contribution in [0.4, 0.5) is 9.18 Å². The maximum absolute atomic E-state index is 15.0. The average molecular weight is 789 g/mol. The molecule has 296 valence electrons. The van der Waals surface area contributed by atoms with Gasteiger partial charge in [-0.15, -0.1) is 11.3 Å². The SMILES string of the molecule is CC(C)(C)OC(=O)NCC(=O)NCC(=O)OCC(=O)N1CCN(Cc2ccc(-c3cc4nccc(Oc5ccc(CC(=O)CC6CC6)cc5F)c4s3)nc2)CC1. The van der Waals surface area contributed by atoms with Crippen LogP contribution in [-0.2, 0) is 41.6 Å². The van der Waals surface area contributed by atoms with Crippen molar-refractivity contribution in [3.05, 3.63) is 71.8 Å². The largest absolute Gasteiger partial charge is 0.454 e. The van der Waals surface area contributed by atoms with Gasteiger partial charge in [0.25, 0.3) is 5.91 Å². The zero-order valence-corrected chi connectivity index (χ0v) is 32.4. The van der Waals surface area contributed by atoms with Gasteiger partial charge in [0.05, 0.1) is 20.8 Å². The fourth-order valence-electron chi connectivity index (χ4n) is 5.98. The number of amides is 3. The maximum Gasteiger partial charge on any atom is 0.408 e. The summed E-state index contributed by atoms with van der Waals surface area (Å²) in [5, 5.41) is 4.62. The normalized spacial score (nSPS) is 14.6. The Morgan fingerprint density at radius 3 is 2.38 bits per heavy atom. The number of benzene rings is 1. The van der Waals surface area contributed by atoms with Gasteiger partial charge >= 0.3 is 12.1 Å². The minimum absolute atomic E-state index is 0.0768. The summed E-state index contributed by atoms with van der Waals surface area (Å²) in [7, 11) is 0. The van der Waals surface area contributed by atoms with Crippen molar-refractivity contribution in [2.45, 2.75) is 58.6 Å². The molecule has 0 bridgehead atoms. The van der Waals surface area contributed by atoms with E-state index in [-0.39, 0.29) is 30.4 Å². The van der Waals surface area contributed by atoms with Crippen molar-refractivity contribution in [1.82, 2.24) is 30.4 Å². The minimum atomic E-state index is -0.773. The number of aromatic nitrogens is 2. The van der Waals surface area contributed by atoms with Crippen LogP contribution in [0, 0.1) is 11.7 Å². The van der Waals surface area contributed by atoms with E-state index in [9.17, 15) is 24.0 Å². The second-order valence-electron chi connectivity index (χ2n) is 14.9. The number of ketones is 1. The Balaban J connectivity index is 0.930. The number of carbonyl (C=O) groups is 5. The van der Waals surface area contributed by atoms with Crippen molar-refractivity contribution in [2.75, 3.05) is 45.9 Å². The monoisotopic (exact) mass is 788 g/mol. The van der Waals surface area contributed by atoms with Crippen LogP contribution < -0.4 is 15.4 Å². The van der Waals surface area contributed by atoms with Crippen molar-refractivity contribution in [3.8, 4) is 22.1 Å². The molecule has 1 saturated carbocycles. The molecule has 1 saturated heterocycles. The first-order valence-electron chi connectivity index (χ1n) is 18.5. The molecule has 2 aliphatic rings. The van der Waals surface area contributed by atoms with Crippen LogP contribution in [0.15, 0.2) is 54.9 Å². The molecule has 0 radical (unpaired) electrons. The fraction of sp³-hybridized carbons (Fsp3) is 0.425. The summed E-state index contributed by atoms with van der Waals surface area (Å²) in [6, 6.07) is 12.2. The average Bonchev–Trinajstić information content (AvgIpc) is 3.86. The standard InChI is InChI=1S/C40H45FN6O8S/c1-40(2,3)55-39(52)45-21-35(49)44-22-37(51)53-24-36(50)47-14-12-46(13-15-47)23-27-6-8-30(43-20-27)34-19-31-38(56-34)33(10-11-42-31)54-32-9-7-26(18-29(32)41)17-28(48)16-25-4-5-25/h6-11,18-20,25H,4-5,12-17,21-24H2,1-3H3,(H,44,49)(H,45,52). The highest BCUT2D eigenvalue weighted by molar-refractivity contribution is 7.22. The number of esters is 1. The van der Waals surface area contributed by atoms with Gasteiger partial charge in [-0.25, -0.2) is 9.18 Å². The highest BCUT2D eigenvalue weighted by Gasteiger charge is 2.25. The molecule has 3 aromatic heterocycles. The predicted molar refractivity (Wildman–Crippen MR) is 205 cm³/mol. The van der Waals surface area contributed by atoms with E-state index in [1.165, 1.54) is 17.4 Å². The molecule has 2 N–H and O–H groups in total. The van der Waals surface area contributed by atoms with Gasteiger partial charge in [0.1, 0.15) is 30.2 Å². The summed E-state index contributed by atoms with van der Waals surface area (Å²) in [6.07, 6.45) is 5.66. The molecule has 1 aliphatic heterocycles. The molecule has 2 fully saturated rings. The Morgan fingerprint density at radius 1 is 0.911 bits per heavy atom. The minimum Gasteiger partial charge on any atom is -0.454 e. The van der Waals surface area contributed by atoms with Crippen LogP contribution in [0.25, 0.3) is 20.8 Å². The molecule has 56 heavy (non-hydrogen) atoms. The predicted octanol–water partition coefficient (Wildman–Crippen LogP) is 5.03. The number of thiophene rings is 1. The molecule has 0 spiro atoms. The van der Waals surface area contributed by atoms with Gasteiger partial charge < -0.3 is 29.7 Å². The number of nitrogens with one attached hydrogen (secondary N) is 2. The molecular weight excluding hydrogens is 744 g/mol. The van der Waals surface area contributed by atoms with E-state index < -0.39 is 42.5 Å². The first-order chi connectivity index (χ1) is 26.8. The molecular formula is C40H45FN6O8S. The fourth-order valence-corrected chi connectivity index (χ4v) is 7.02. The third-order valence-corrected chi connectivity index (χ3v) is 10.2. The summed E-state index contributed by atoms with van der Waals surface area (Å²) < 4.78 is 31.9. The van der Waals surface area contributed by atoms with Crippen LogP contribution in [0.3, 0.4) is 0 Å². The van der Waals surface area contributed by atoms with Crippen LogP contribution in [0.2, 0.25) is 0 Å². The lowest BCUT2D eigenvalue weighted by molar-refractivity contribution is -0.152. The zero-order chi connectivity index (χ0) is 39.8. The molecule has 14 nitrogen and oxygen atoms in total. The molecule has 16 heteroatoms. The second-order valence-corrected chi connectivity index (χ2v) is 15.9. The summed E-state index contributed by atoms with van der Waals surface area (Å²) in [4.78, 5) is 74.4. The van der Waals surface area contributed by atoms with Gasteiger partial charge in [-0.3, -0.25) is 34.0 Å². The van der Waals surface area contributed by atoms with Gasteiger partial charge in [-0.2, -0.15) is 0 Å². The first-order valence-corrected chi connectivity index (χ1v) is 19.3. The van der Waals surface area contributed by atoms with E-state index in [2.05, 4.69) is 20.5 Å². The third-order valence-electron chi connectivity index (χ3n) is 8.99. The summed E-state index contributed by atoms with van der Waals surface area (Å²) in [6.45, 7) is 6.62. The lowest BCUT2D eigenvalue weighted by Crippen LogP contribution is -2.49. The number of nitrogens with zero attached hydrogens (tertiary/aromatic N) is 4. The number of ether oxygens (including phenoxy) is 3. The highest BCUT2D eigenvalue weighted by Crippen LogP contribution is 2.39. The van der Waals surface area contributed by atoms with E-state index in [0.29, 0.717) is 61.9 Å². The Hall–Kier alpha value is -5.48. The second kappa shape index (κ2) is 18.0. The van der Waals surface area contributed by atoms with Gasteiger partial charge in [-0.1, -0.05) is 12.1 Å². The van der Waals surface area contributed by atoms with E-state index in [0.717, 1.165) is 33.7 Å². The maximum atomic E-state index is 15.0. The van der Waals surface area contributed by atoms with Gasteiger partial charge in [0.2, 0.25) is 5.91 Å². The molecule has 4 heterocycles. The van der Waals surface area contributed by atoms with Crippen molar-refractivity contribution in [1.29, 1.82) is 0 Å². The number of alkyl carbamates (subject to hydrolysis) is 1. The number of Topliss-reactive ketones (excluding diaryl/α,β-unsaturated/α-hetero) is 1. The number of hydrogen-bond acceptors (Lipinski definition) is 12. The van der Waals surface area contributed by atoms with Gasteiger partial charge in [0.15, 0.2) is 18.2 Å². The molecule has 1 aliphatic carbocycles. The molecule has 3 amide bonds. The quantitative estimate of drug-likeness (QED) is 0.155. The first kappa shape index (κ1) is 40.2. The third kappa shape index (κ3) is 11.8. The summed E-state index contributed by atoms with van der Waals surface area (Å²) >= 11 is 1.45. The van der Waals surface area contributed by atoms with Crippen LogP contribution >= 0.6 is 11.3 Å². The van der Waals surface area contributed by atoms with E-state index >= 15 is 4.39 Å². The van der Waals surface area contributed by atoms with Crippen molar-refractivity contribution in [2.24, 2.45) is 5.92 Å². The lowest BCUT2D eigenvalue weighted by atomic mass is 10.0. The highest BCUT2D eigenvalue weighted by atomic mass is 32.1. The summed E-state index contributed by atoms with van der Waals surface area (Å²) in [5.41, 5.74) is 2.39. The van der Waals surface area contributed by atoms with E-state index in [1.54, 1.807) is 50.1 Å². The van der Waals surface area contributed by atoms with Crippen LogP contribution in [-0.4, -0.2) is 101 Å². The Bertz CT molecular complexity index is 2070. The number of hydrogen-bond donors (Lipinski definition) is 2. The van der Waals surface area contributed by atoms with Crippen LogP contribution in [0.5, 0.6) is 11.5 Å². The van der Waals surface area contributed by atoms with Gasteiger partial charge in [-0.05, 0) is 74.9 Å². The van der Waals surface area contributed by atoms with Crippen LogP contribution in [0.1, 0.15) is 51.2 Å². The number of halogens is 1. The number of rotatable bonds is 15. The van der Waals surface area contributed by atoms with Crippen molar-refractivity contribution >= 4 is 51.2 Å². The topological polar surface area (TPSA) is 169 Å². The Labute approximate surface area is 327 Å². The molecule has 4 aromatic rings. The van der Waals surface area contributed by atoms with Crippen molar-refractivity contribution < 1.29 is 42.6 Å². The lowest BCUT2D eigenvalue weighted by Gasteiger charge is -2.34. The Kier molecular flexibility index (Phi) is 12.9. The summed E-state index contributed by atoms with van der Waals surface area (Å²) in [5.74, 6) is -1.05. The number of pyridine rings is 2. The number of fused-ring (bicyclic) bond motifs is 1. The molecule has 1 aromatic carbocycles. The number of carbonyl (C=O) groups excluding carboxylic acids is 5. The molecule has 6 rings (SSSR count). The molecule has 0 atom stereocenters. The van der Waals surface area contributed by atoms with E-state index in [1.807, 2.05) is 24.4 Å². The van der Waals surface area contributed by atoms with Crippen molar-refractivity contribution in [3.63, 3.8) is 0 Å².